The Kier molecular flexibility index (Phi) is 5.29. The number of rotatable bonds is 7. The molecule has 0 unspecified atom stereocenters. The topological polar surface area (TPSA) is 85.2 Å². The Hall–Kier alpha value is -3.26. The summed E-state index contributed by atoms with van der Waals surface area (Å²) in [4.78, 5) is 4.55. The highest BCUT2D eigenvalue weighted by atomic mass is 32.1. The summed E-state index contributed by atoms with van der Waals surface area (Å²) in [6, 6.07) is 16.5. The molecule has 0 amide bonds. The predicted octanol–water partition coefficient (Wildman–Crippen LogP) is 3.28. The van der Waals surface area contributed by atoms with Crippen molar-refractivity contribution >= 4 is 17.6 Å². The fourth-order valence-corrected chi connectivity index (χ4v) is 3.30. The third-order valence-corrected chi connectivity index (χ3v) is 4.67. The molecule has 0 aliphatic carbocycles. The Labute approximate surface area is 167 Å². The van der Waals surface area contributed by atoms with Gasteiger partial charge in [0.25, 0.3) is 0 Å². The molecule has 28 heavy (non-hydrogen) atoms. The highest BCUT2D eigenvalue weighted by molar-refractivity contribution is 7.78. The van der Waals surface area contributed by atoms with Gasteiger partial charge in [-0.2, -0.15) is 5.10 Å². The Bertz CT molecular complexity index is 1070. The molecule has 4 rings (SSSR count). The summed E-state index contributed by atoms with van der Waals surface area (Å²) in [6.45, 7) is 2.77. The predicted molar refractivity (Wildman–Crippen MR) is 111 cm³/mol. The molecule has 0 bridgehead atoms. The van der Waals surface area contributed by atoms with Crippen LogP contribution in [0, 0.1) is 0 Å². The van der Waals surface area contributed by atoms with Gasteiger partial charge in [0, 0.05) is 18.4 Å². The lowest BCUT2D eigenvalue weighted by molar-refractivity contribution is 0.639. The van der Waals surface area contributed by atoms with Gasteiger partial charge >= 0.3 is 0 Å². The number of nitrogens with zero attached hydrogens (tertiary/aromatic N) is 6. The summed E-state index contributed by atoms with van der Waals surface area (Å²) in [5.41, 5.74) is 4.31. The van der Waals surface area contributed by atoms with Gasteiger partial charge in [0.1, 0.15) is 5.82 Å². The van der Waals surface area contributed by atoms with E-state index >= 15 is 0 Å². The number of nitrogens with one attached hydrogen (secondary N) is 1. The Balaban J connectivity index is 1.60. The van der Waals surface area contributed by atoms with Crippen molar-refractivity contribution in [3.8, 4) is 22.5 Å². The molecule has 1 N–H and O–H groups in total. The Morgan fingerprint density at radius 2 is 1.86 bits per heavy atom. The van der Waals surface area contributed by atoms with Crippen LogP contribution in [0.2, 0.25) is 0 Å². The van der Waals surface area contributed by atoms with Crippen LogP contribution in [0.4, 0.5) is 0 Å². The Morgan fingerprint density at radius 1 is 1.07 bits per heavy atom. The molecule has 140 valence electrons. The van der Waals surface area contributed by atoms with Gasteiger partial charge in [-0.25, -0.2) is 14.8 Å². The molecule has 0 fully saturated rings. The van der Waals surface area contributed by atoms with E-state index in [2.05, 4.69) is 68.0 Å². The second-order valence-electron chi connectivity index (χ2n) is 6.32. The number of thiocarbonyl (C=S) groups is 1. The second-order valence-corrected chi connectivity index (χ2v) is 6.65. The number of hydrogen-bond acceptors (Lipinski definition) is 6. The van der Waals surface area contributed by atoms with Crippen LogP contribution in [0.1, 0.15) is 24.1 Å². The van der Waals surface area contributed by atoms with Gasteiger partial charge < -0.3 is 0 Å². The smallest absolute Gasteiger partial charge is 0.180 e. The summed E-state index contributed by atoms with van der Waals surface area (Å²) in [5, 5.41) is 20.5. The average Bonchev–Trinajstić information content (AvgIpc) is 3.39. The zero-order chi connectivity index (χ0) is 19.3. The van der Waals surface area contributed by atoms with Crippen LogP contribution in [-0.2, 0) is 19.4 Å². The van der Waals surface area contributed by atoms with Crippen molar-refractivity contribution in [2.24, 2.45) is 0 Å². The molecule has 4 aromatic rings. The highest BCUT2D eigenvalue weighted by Crippen LogP contribution is 2.29. The maximum Gasteiger partial charge on any atom is 0.180 e. The van der Waals surface area contributed by atoms with E-state index in [-0.39, 0.29) is 0 Å². The molecule has 0 saturated carbocycles. The maximum absolute atomic E-state index is 4.92. The molecule has 0 aliphatic heterocycles. The van der Waals surface area contributed by atoms with Gasteiger partial charge in [0.05, 0.1) is 6.54 Å². The summed E-state index contributed by atoms with van der Waals surface area (Å²) in [7, 11) is 0. The molecule has 0 aliphatic rings. The van der Waals surface area contributed by atoms with Crippen molar-refractivity contribution in [3.05, 3.63) is 65.7 Å². The molecule has 0 atom stereocenters. The van der Waals surface area contributed by atoms with Crippen molar-refractivity contribution in [2.75, 3.05) is 0 Å². The van der Waals surface area contributed by atoms with Crippen LogP contribution < -0.4 is 0 Å². The number of aryl methyl sites for hydroxylation is 1. The monoisotopic (exact) mass is 389 g/mol. The van der Waals surface area contributed by atoms with Crippen molar-refractivity contribution in [3.63, 3.8) is 0 Å². The SMILES string of the molecule is CCc1nc(CC=S)nn1Cc1ccc(-c2ccccc2-c2nnn[nH]2)cc1. The fraction of sp³-hybridized carbons (Fsp3) is 0.200. The van der Waals surface area contributed by atoms with Gasteiger partial charge in [-0.05, 0) is 32.5 Å². The van der Waals surface area contributed by atoms with E-state index in [1.54, 1.807) is 5.37 Å². The molecule has 2 aromatic heterocycles. The normalized spacial score (nSPS) is 10.9. The average molecular weight is 389 g/mol. The molecule has 7 nitrogen and oxygen atoms in total. The van der Waals surface area contributed by atoms with Crippen molar-refractivity contribution in [1.82, 2.24) is 35.4 Å². The summed E-state index contributed by atoms with van der Waals surface area (Å²) in [5.74, 6) is 2.40. The quantitative estimate of drug-likeness (QED) is 0.488. The number of aromatic nitrogens is 7. The van der Waals surface area contributed by atoms with Crippen molar-refractivity contribution in [2.45, 2.75) is 26.3 Å². The molecular formula is C20H19N7S. The molecular weight excluding hydrogens is 370 g/mol. The first kappa shape index (κ1) is 18.1. The molecule has 2 aromatic carbocycles. The van der Waals surface area contributed by atoms with Gasteiger partial charge in [0.15, 0.2) is 11.6 Å². The Morgan fingerprint density at radius 3 is 2.54 bits per heavy atom. The van der Waals surface area contributed by atoms with E-state index in [0.717, 1.165) is 40.3 Å². The number of benzene rings is 2. The highest BCUT2D eigenvalue weighted by Gasteiger charge is 2.11. The van der Waals surface area contributed by atoms with Crippen molar-refractivity contribution < 1.29 is 0 Å². The molecule has 2 heterocycles. The summed E-state index contributed by atoms with van der Waals surface area (Å²) in [6.07, 6.45) is 1.45. The van der Waals surface area contributed by atoms with Crippen LogP contribution in [0.15, 0.2) is 48.5 Å². The molecule has 0 radical (unpaired) electrons. The minimum Gasteiger partial charge on any atom is -0.245 e. The van der Waals surface area contributed by atoms with E-state index in [9.17, 15) is 0 Å². The van der Waals surface area contributed by atoms with Crippen LogP contribution in [0.3, 0.4) is 0 Å². The van der Waals surface area contributed by atoms with Crippen LogP contribution >= 0.6 is 12.2 Å². The molecule has 8 heteroatoms. The second kappa shape index (κ2) is 8.18. The number of tetrazole rings is 1. The summed E-state index contributed by atoms with van der Waals surface area (Å²) < 4.78 is 1.96. The van der Waals surface area contributed by atoms with E-state index in [1.165, 1.54) is 0 Å². The minimum absolute atomic E-state index is 0.613. The first-order valence-electron chi connectivity index (χ1n) is 9.07. The number of hydrogen-bond donors (Lipinski definition) is 1. The van der Waals surface area contributed by atoms with Crippen LogP contribution in [-0.4, -0.2) is 40.8 Å². The van der Waals surface area contributed by atoms with E-state index in [4.69, 9.17) is 12.2 Å². The largest absolute Gasteiger partial charge is 0.245 e. The zero-order valence-electron chi connectivity index (χ0n) is 15.4. The first-order chi connectivity index (χ1) is 13.8. The van der Waals surface area contributed by atoms with E-state index in [1.807, 2.05) is 22.9 Å². The van der Waals surface area contributed by atoms with E-state index in [0.29, 0.717) is 18.8 Å². The summed E-state index contributed by atoms with van der Waals surface area (Å²) >= 11 is 4.92. The van der Waals surface area contributed by atoms with Crippen LogP contribution in [0.5, 0.6) is 0 Å². The van der Waals surface area contributed by atoms with Gasteiger partial charge in [0.2, 0.25) is 0 Å². The standard InChI is InChI=1S/C20H19N7S/c1-2-19-21-18(11-12-28)24-27(19)13-14-7-9-15(10-8-14)16-5-3-4-6-17(16)20-22-25-26-23-20/h3-10,12H,2,11,13H2,1H3,(H,22,23,25,26). The minimum atomic E-state index is 0.613. The third-order valence-electron chi connectivity index (χ3n) is 4.50. The third kappa shape index (κ3) is 3.72. The lowest BCUT2D eigenvalue weighted by Gasteiger charge is -2.09. The molecule has 0 spiro atoms. The maximum atomic E-state index is 4.92. The number of H-pyrrole nitrogens is 1. The van der Waals surface area contributed by atoms with Gasteiger partial charge in [-0.15, -0.1) is 5.10 Å². The molecule has 0 saturated heterocycles. The van der Waals surface area contributed by atoms with Crippen LogP contribution in [0.25, 0.3) is 22.5 Å². The zero-order valence-corrected chi connectivity index (χ0v) is 16.2. The number of aromatic amines is 1. The first-order valence-corrected chi connectivity index (χ1v) is 9.54. The van der Waals surface area contributed by atoms with E-state index < -0.39 is 0 Å². The lowest BCUT2D eigenvalue weighted by atomic mass is 9.98. The fourth-order valence-electron chi connectivity index (χ4n) is 3.15. The van der Waals surface area contributed by atoms with Gasteiger partial charge in [-0.3, -0.25) is 0 Å². The van der Waals surface area contributed by atoms with Crippen molar-refractivity contribution in [1.29, 1.82) is 0 Å². The van der Waals surface area contributed by atoms with Gasteiger partial charge in [-0.1, -0.05) is 67.7 Å². The lowest BCUT2D eigenvalue weighted by Crippen LogP contribution is -2.06.